The molecule has 0 aromatic heterocycles. The second-order valence-electron chi connectivity index (χ2n) is 1.91. The van der Waals surface area contributed by atoms with Gasteiger partial charge in [-0.3, -0.25) is 9.59 Å². The molecule has 0 amide bonds. The van der Waals surface area contributed by atoms with E-state index in [2.05, 4.69) is 0 Å². The molecule has 0 aliphatic carbocycles. The van der Waals surface area contributed by atoms with E-state index in [9.17, 15) is 9.59 Å². The van der Waals surface area contributed by atoms with Crippen molar-refractivity contribution in [1.29, 1.82) is 0 Å². The quantitative estimate of drug-likeness (QED) is 0.371. The van der Waals surface area contributed by atoms with Gasteiger partial charge in [0.1, 0.15) is 7.85 Å². The van der Waals surface area contributed by atoms with Gasteiger partial charge < -0.3 is 10.2 Å². The van der Waals surface area contributed by atoms with E-state index in [-0.39, 0.29) is 27.3 Å². The molecule has 13 heavy (non-hydrogen) atoms. The molecule has 0 fully saturated rings. The predicted octanol–water partition coefficient (Wildman–Crippen LogP) is 1.79. The molecule has 0 spiro atoms. The predicted molar refractivity (Wildman–Crippen MR) is 62.2 cm³/mol. The van der Waals surface area contributed by atoms with Crippen molar-refractivity contribution in [3.05, 3.63) is 0 Å². The van der Waals surface area contributed by atoms with Gasteiger partial charge in [0.15, 0.2) is 0 Å². The molecule has 2 unspecified atom stereocenters. The van der Waals surface area contributed by atoms with Crippen molar-refractivity contribution < 1.29 is 39.3 Å². The second kappa shape index (κ2) is 11.1. The summed E-state index contributed by atoms with van der Waals surface area (Å²) in [5, 5.41) is 16.0. The molecular weight excluding hydrogens is 455 g/mol. The van der Waals surface area contributed by atoms with Gasteiger partial charge in [-0.15, -0.1) is 0 Å². The second-order valence-corrected chi connectivity index (χ2v) is 5.65. The Balaban J connectivity index is -0.000000143. The molecule has 4 nitrogen and oxygen atoms in total. The molecule has 0 radical (unpaired) electrons. The maximum Gasteiger partial charge on any atom is 0.316 e. The van der Waals surface area contributed by atoms with Crippen molar-refractivity contribution in [2.45, 2.75) is 21.7 Å². The molecule has 0 aromatic rings. The largest absolute Gasteiger partial charge is 0.480 e. The third kappa shape index (κ3) is 19.4. The summed E-state index contributed by atoms with van der Waals surface area (Å²) in [5.41, 5.74) is 0. The van der Waals surface area contributed by atoms with Crippen molar-refractivity contribution in [3.8, 4) is 0 Å². The molecular formula is C6H10I2O4Zn. The van der Waals surface area contributed by atoms with Crippen molar-refractivity contribution in [2.75, 3.05) is 0 Å². The Labute approximate surface area is 117 Å². The first-order valence-electron chi connectivity index (χ1n) is 3.02. The first-order chi connectivity index (χ1) is 5.29. The van der Waals surface area contributed by atoms with Crippen molar-refractivity contribution in [2.24, 2.45) is 0 Å². The van der Waals surface area contributed by atoms with E-state index in [1.165, 1.54) is 0 Å². The number of rotatable bonds is 2. The molecule has 74 valence electrons. The SMILES string of the molecule is CC(I)C(=O)O.CC(I)C(=O)O.[Zn]. The molecule has 7 heteroatoms. The van der Waals surface area contributed by atoms with Crippen LogP contribution in [0.4, 0.5) is 0 Å². The Morgan fingerprint density at radius 2 is 1.08 bits per heavy atom. The number of alkyl halides is 2. The molecule has 0 aliphatic heterocycles. The van der Waals surface area contributed by atoms with E-state index in [1.54, 1.807) is 13.8 Å². The summed E-state index contributed by atoms with van der Waals surface area (Å²) in [6.45, 7) is 3.26. The van der Waals surface area contributed by atoms with E-state index in [4.69, 9.17) is 10.2 Å². The molecule has 0 aliphatic rings. The summed E-state index contributed by atoms with van der Waals surface area (Å²) in [4.78, 5) is 19.4. The molecule has 2 atom stereocenters. The monoisotopic (exact) mass is 464 g/mol. The average molecular weight is 465 g/mol. The van der Waals surface area contributed by atoms with Crippen LogP contribution < -0.4 is 0 Å². The molecule has 0 saturated carbocycles. The number of halogens is 2. The maximum atomic E-state index is 9.69. The smallest absolute Gasteiger partial charge is 0.316 e. The summed E-state index contributed by atoms with van der Waals surface area (Å²) in [5.74, 6) is -1.51. The summed E-state index contributed by atoms with van der Waals surface area (Å²) in [6.07, 6.45) is 0. The maximum absolute atomic E-state index is 9.69. The van der Waals surface area contributed by atoms with Crippen LogP contribution in [0.15, 0.2) is 0 Å². The number of aliphatic carboxylic acids is 2. The zero-order valence-electron chi connectivity index (χ0n) is 7.33. The summed E-state index contributed by atoms with van der Waals surface area (Å²) < 4.78 is -0.523. The third-order valence-corrected chi connectivity index (χ3v) is 1.75. The standard InChI is InChI=1S/2C3H5IO2.Zn/c2*1-2(4)3(5)6;/h2*2H,1H3,(H,5,6);. The van der Waals surface area contributed by atoms with Gasteiger partial charge in [0.05, 0.1) is 0 Å². The summed E-state index contributed by atoms with van der Waals surface area (Å²) in [7, 11) is 0. The van der Waals surface area contributed by atoms with Gasteiger partial charge >= 0.3 is 11.9 Å². The van der Waals surface area contributed by atoms with Crippen LogP contribution in [-0.4, -0.2) is 30.0 Å². The van der Waals surface area contributed by atoms with Crippen LogP contribution in [0.5, 0.6) is 0 Å². The molecule has 0 aromatic carbocycles. The minimum absolute atomic E-state index is 0. The first kappa shape index (κ1) is 19.6. The van der Waals surface area contributed by atoms with E-state index < -0.39 is 11.9 Å². The third-order valence-electron chi connectivity index (χ3n) is 0.681. The van der Waals surface area contributed by atoms with E-state index in [0.29, 0.717) is 0 Å². The fourth-order valence-corrected chi connectivity index (χ4v) is 0. The van der Waals surface area contributed by atoms with Crippen molar-refractivity contribution in [1.82, 2.24) is 0 Å². The first-order valence-corrected chi connectivity index (χ1v) is 5.52. The minimum atomic E-state index is -0.754. The van der Waals surface area contributed by atoms with Gasteiger partial charge in [-0.1, -0.05) is 45.2 Å². The number of carboxylic acid groups (broad SMARTS) is 2. The van der Waals surface area contributed by atoms with Crippen molar-refractivity contribution in [3.63, 3.8) is 0 Å². The fraction of sp³-hybridized carbons (Fsp3) is 0.667. The molecule has 0 rings (SSSR count). The average Bonchev–Trinajstić information content (AvgIpc) is 1.88. The summed E-state index contributed by atoms with van der Waals surface area (Å²) >= 11 is 3.67. The summed E-state index contributed by atoms with van der Waals surface area (Å²) in [6, 6.07) is 0. The molecule has 0 heterocycles. The fourth-order valence-electron chi connectivity index (χ4n) is 0. The van der Waals surface area contributed by atoms with Gasteiger partial charge in [0.25, 0.3) is 0 Å². The van der Waals surface area contributed by atoms with Gasteiger partial charge in [-0.2, -0.15) is 0 Å². The van der Waals surface area contributed by atoms with E-state index in [1.807, 2.05) is 45.2 Å². The normalized spacial score (nSPS) is 12.6. The van der Waals surface area contributed by atoms with Gasteiger partial charge in [-0.25, -0.2) is 0 Å². The Hall–Kier alpha value is 1.02. The Morgan fingerprint density at radius 3 is 1.08 bits per heavy atom. The van der Waals surface area contributed by atoms with E-state index in [0.717, 1.165) is 0 Å². The van der Waals surface area contributed by atoms with Crippen LogP contribution >= 0.6 is 45.2 Å². The van der Waals surface area contributed by atoms with Crippen molar-refractivity contribution >= 4 is 57.1 Å². The number of carbonyl (C=O) groups is 2. The van der Waals surface area contributed by atoms with Crippen LogP contribution in [0.3, 0.4) is 0 Å². The zero-order chi connectivity index (χ0) is 10.3. The van der Waals surface area contributed by atoms with Gasteiger partial charge in [0.2, 0.25) is 0 Å². The topological polar surface area (TPSA) is 74.6 Å². The number of carboxylic acids is 2. The number of hydrogen-bond acceptors (Lipinski definition) is 2. The van der Waals surface area contributed by atoms with Gasteiger partial charge in [0, 0.05) is 19.5 Å². The van der Waals surface area contributed by atoms with Crippen LogP contribution in [0.2, 0.25) is 0 Å². The Morgan fingerprint density at radius 1 is 1.00 bits per heavy atom. The molecule has 0 bridgehead atoms. The van der Waals surface area contributed by atoms with Crippen LogP contribution in [-0.2, 0) is 29.1 Å². The van der Waals surface area contributed by atoms with Gasteiger partial charge in [-0.05, 0) is 13.8 Å². The molecule has 0 saturated heterocycles. The van der Waals surface area contributed by atoms with Crippen LogP contribution in [0.1, 0.15) is 13.8 Å². The molecule has 2 N–H and O–H groups in total. The number of hydrogen-bond donors (Lipinski definition) is 2. The van der Waals surface area contributed by atoms with E-state index >= 15 is 0 Å². The Bertz CT molecular complexity index is 143. The van der Waals surface area contributed by atoms with Crippen LogP contribution in [0.25, 0.3) is 0 Å². The zero-order valence-corrected chi connectivity index (χ0v) is 14.6. The Kier molecular flexibility index (Phi) is 16.7. The van der Waals surface area contributed by atoms with Crippen LogP contribution in [0, 0.1) is 0 Å². The minimum Gasteiger partial charge on any atom is -0.480 e.